The zero-order valence-electron chi connectivity index (χ0n) is 26.7. The fourth-order valence-electron chi connectivity index (χ4n) is 4.19. The van der Waals surface area contributed by atoms with Gasteiger partial charge in [-0.05, 0) is 63.1 Å². The van der Waals surface area contributed by atoms with Crippen LogP contribution in [0.15, 0.2) is 48.5 Å². The third-order valence-corrected chi connectivity index (χ3v) is 6.33. The predicted octanol–water partition coefficient (Wildman–Crippen LogP) is 5.84. The molecule has 0 bridgehead atoms. The Balaban J connectivity index is 1.72. The van der Waals surface area contributed by atoms with Crippen molar-refractivity contribution < 1.29 is 51.0 Å². The van der Waals surface area contributed by atoms with Crippen LogP contribution in [0.3, 0.4) is 0 Å². The van der Waals surface area contributed by atoms with Crippen molar-refractivity contribution in [3.63, 3.8) is 0 Å². The SMILES string of the molecule is CC(C)[C@H](NC(=O)OC(C)(C)C)C(=O)OCCNC(=O)OCc1ccc(N(C(N)=O)c2c(F)cccc2F)nc1-c1ccc(F)cc1F. The van der Waals surface area contributed by atoms with E-state index in [4.69, 9.17) is 19.9 Å². The van der Waals surface area contributed by atoms with Crippen molar-refractivity contribution in [2.45, 2.75) is 52.9 Å². The molecule has 0 aliphatic heterocycles. The molecule has 1 atom stereocenters. The number of ether oxygens (including phenoxy) is 3. The maximum Gasteiger partial charge on any atom is 0.408 e. The number of nitrogens with two attached hydrogens (primary N) is 1. The lowest BCUT2D eigenvalue weighted by molar-refractivity contribution is -0.147. The second-order valence-corrected chi connectivity index (χ2v) is 11.6. The molecule has 48 heavy (non-hydrogen) atoms. The molecule has 0 aliphatic rings. The highest BCUT2D eigenvalue weighted by Crippen LogP contribution is 2.33. The first-order valence-corrected chi connectivity index (χ1v) is 14.5. The molecule has 0 unspecified atom stereocenters. The van der Waals surface area contributed by atoms with Gasteiger partial charge in [0.25, 0.3) is 0 Å². The van der Waals surface area contributed by atoms with Crippen LogP contribution in [0.4, 0.5) is 43.5 Å². The van der Waals surface area contributed by atoms with Crippen molar-refractivity contribution in [2.75, 3.05) is 18.1 Å². The van der Waals surface area contributed by atoms with Gasteiger partial charge in [0.05, 0.1) is 12.2 Å². The molecule has 4 N–H and O–H groups in total. The number of hydrogen-bond donors (Lipinski definition) is 3. The second kappa shape index (κ2) is 15.9. The van der Waals surface area contributed by atoms with E-state index in [0.29, 0.717) is 11.0 Å². The van der Waals surface area contributed by atoms with Crippen molar-refractivity contribution in [1.82, 2.24) is 15.6 Å². The molecule has 0 fully saturated rings. The average Bonchev–Trinajstić information content (AvgIpc) is 2.97. The molecule has 1 aromatic heterocycles. The van der Waals surface area contributed by atoms with Gasteiger partial charge in [0, 0.05) is 17.2 Å². The normalized spacial score (nSPS) is 11.8. The molecule has 3 rings (SSSR count). The van der Waals surface area contributed by atoms with E-state index < -0.39 is 77.2 Å². The number of hydrogen-bond acceptors (Lipinski definition) is 8. The van der Waals surface area contributed by atoms with Gasteiger partial charge in [0.2, 0.25) is 0 Å². The number of alkyl carbamates (subject to hydrolysis) is 2. The highest BCUT2D eigenvalue weighted by Gasteiger charge is 2.29. The molecule has 258 valence electrons. The Morgan fingerprint density at radius 2 is 1.58 bits per heavy atom. The molecule has 0 radical (unpaired) electrons. The number of urea groups is 1. The van der Waals surface area contributed by atoms with Crippen LogP contribution >= 0.6 is 0 Å². The minimum absolute atomic E-state index is 0.0530. The predicted molar refractivity (Wildman–Crippen MR) is 165 cm³/mol. The fraction of sp³-hybridized carbons (Fsp3) is 0.344. The molecular formula is C32H35F4N5O7. The highest BCUT2D eigenvalue weighted by atomic mass is 19.1. The van der Waals surface area contributed by atoms with E-state index in [9.17, 15) is 36.7 Å². The fourth-order valence-corrected chi connectivity index (χ4v) is 4.19. The summed E-state index contributed by atoms with van der Waals surface area (Å²) in [6.45, 7) is 7.37. The summed E-state index contributed by atoms with van der Waals surface area (Å²) in [4.78, 5) is 54.0. The van der Waals surface area contributed by atoms with Crippen molar-refractivity contribution in [2.24, 2.45) is 11.7 Å². The number of benzene rings is 2. The first-order valence-electron chi connectivity index (χ1n) is 14.5. The van der Waals surface area contributed by atoms with Crippen LogP contribution in [0.5, 0.6) is 0 Å². The number of carbonyl (C=O) groups excluding carboxylic acids is 4. The van der Waals surface area contributed by atoms with E-state index >= 15 is 0 Å². The van der Waals surface area contributed by atoms with E-state index in [0.717, 1.165) is 36.4 Å². The van der Waals surface area contributed by atoms with Gasteiger partial charge < -0.3 is 30.6 Å². The Morgan fingerprint density at radius 1 is 0.917 bits per heavy atom. The van der Waals surface area contributed by atoms with E-state index in [-0.39, 0.29) is 35.9 Å². The minimum atomic E-state index is -1.32. The summed E-state index contributed by atoms with van der Waals surface area (Å²) in [5.41, 5.74) is 3.31. The van der Waals surface area contributed by atoms with Crippen LogP contribution in [-0.2, 0) is 25.6 Å². The number of anilines is 2. The minimum Gasteiger partial charge on any atom is -0.462 e. The number of nitrogens with one attached hydrogen (secondary N) is 2. The molecule has 2 aromatic carbocycles. The smallest absolute Gasteiger partial charge is 0.408 e. The number of amides is 4. The quantitative estimate of drug-likeness (QED) is 0.0987. The van der Waals surface area contributed by atoms with Gasteiger partial charge in [0.1, 0.15) is 59.6 Å². The van der Waals surface area contributed by atoms with Gasteiger partial charge in [-0.2, -0.15) is 0 Å². The maximum atomic E-state index is 14.9. The monoisotopic (exact) mass is 677 g/mol. The van der Waals surface area contributed by atoms with Gasteiger partial charge >= 0.3 is 24.2 Å². The molecule has 12 nitrogen and oxygen atoms in total. The number of para-hydroxylation sites is 1. The molecule has 0 spiro atoms. The summed E-state index contributed by atoms with van der Waals surface area (Å²) in [7, 11) is 0. The summed E-state index contributed by atoms with van der Waals surface area (Å²) in [5, 5.41) is 4.81. The molecule has 0 aliphatic carbocycles. The zero-order chi connectivity index (χ0) is 35.8. The van der Waals surface area contributed by atoms with Crippen LogP contribution in [0.2, 0.25) is 0 Å². The van der Waals surface area contributed by atoms with Gasteiger partial charge in [0.15, 0.2) is 0 Å². The second-order valence-electron chi connectivity index (χ2n) is 11.6. The molecule has 0 saturated heterocycles. The zero-order valence-corrected chi connectivity index (χ0v) is 26.7. The Hall–Kier alpha value is -5.41. The van der Waals surface area contributed by atoms with Crippen LogP contribution < -0.4 is 21.3 Å². The van der Waals surface area contributed by atoms with Gasteiger partial charge in [-0.1, -0.05) is 19.9 Å². The Bertz CT molecular complexity index is 1650. The summed E-state index contributed by atoms with van der Waals surface area (Å²) < 4.78 is 73.3. The number of primary amides is 1. The van der Waals surface area contributed by atoms with Crippen molar-refractivity contribution in [3.8, 4) is 11.3 Å². The molecule has 16 heteroatoms. The van der Waals surface area contributed by atoms with Crippen molar-refractivity contribution in [1.29, 1.82) is 0 Å². The molecule has 4 amide bonds. The van der Waals surface area contributed by atoms with Crippen molar-refractivity contribution >= 4 is 35.7 Å². The number of halogens is 4. The largest absolute Gasteiger partial charge is 0.462 e. The first-order chi connectivity index (χ1) is 22.5. The van der Waals surface area contributed by atoms with E-state index in [1.54, 1.807) is 34.6 Å². The van der Waals surface area contributed by atoms with E-state index in [1.807, 2.05) is 0 Å². The number of pyridine rings is 1. The summed E-state index contributed by atoms with van der Waals surface area (Å²) >= 11 is 0. The third kappa shape index (κ3) is 10.0. The van der Waals surface area contributed by atoms with Gasteiger partial charge in [-0.3, -0.25) is 0 Å². The molecule has 3 aromatic rings. The summed E-state index contributed by atoms with van der Waals surface area (Å²) in [5.74, 6) is -5.78. The van der Waals surface area contributed by atoms with Crippen LogP contribution in [-0.4, -0.2) is 54.0 Å². The average molecular weight is 678 g/mol. The number of rotatable bonds is 11. The lowest BCUT2D eigenvalue weighted by atomic mass is 10.1. The molecule has 0 saturated carbocycles. The Morgan fingerprint density at radius 3 is 2.17 bits per heavy atom. The van der Waals surface area contributed by atoms with E-state index in [2.05, 4.69) is 15.6 Å². The third-order valence-electron chi connectivity index (χ3n) is 6.33. The number of carbonyl (C=O) groups is 4. The van der Waals surface area contributed by atoms with Crippen LogP contribution in [0.25, 0.3) is 11.3 Å². The van der Waals surface area contributed by atoms with Crippen LogP contribution in [0, 0.1) is 29.2 Å². The lowest BCUT2D eigenvalue weighted by Gasteiger charge is -2.24. The molecule has 1 heterocycles. The van der Waals surface area contributed by atoms with Crippen molar-refractivity contribution in [3.05, 3.63) is 77.4 Å². The summed E-state index contributed by atoms with van der Waals surface area (Å²) in [6.07, 6.45) is -1.79. The van der Waals surface area contributed by atoms with E-state index in [1.165, 1.54) is 6.07 Å². The lowest BCUT2D eigenvalue weighted by Crippen LogP contribution is -2.47. The maximum absolute atomic E-state index is 14.9. The van der Waals surface area contributed by atoms with Gasteiger partial charge in [-0.15, -0.1) is 0 Å². The first kappa shape index (κ1) is 37.1. The number of aromatic nitrogens is 1. The Kier molecular flexibility index (Phi) is 12.3. The standard InChI is InChI=1S/C32H35F4N5O7/c1-17(2)25(40-31(45)48-32(3,4)5)28(42)46-14-13-38-30(44)47-16-18-9-12-24(39-26(18)20-11-10-19(33)15-23(20)36)41(29(37)43)27-21(34)7-6-8-22(27)35/h6-12,15,17,25H,13-14,16H2,1-5H3,(H2,37,43)(H,38,44)(H,40,45)/t25-/m0/s1. The number of esters is 1. The number of nitrogens with zero attached hydrogens (tertiary/aromatic N) is 2. The molecular weight excluding hydrogens is 642 g/mol. The van der Waals surface area contributed by atoms with Crippen LogP contribution in [0.1, 0.15) is 40.2 Å². The Labute approximate surface area is 273 Å². The van der Waals surface area contributed by atoms with Gasteiger partial charge in [-0.25, -0.2) is 46.6 Å². The topological polar surface area (TPSA) is 162 Å². The summed E-state index contributed by atoms with van der Waals surface area (Å²) in [6, 6.07) is 5.42. The highest BCUT2D eigenvalue weighted by molar-refractivity contribution is 5.98.